The molecule has 3 aliphatic rings. The van der Waals surface area contributed by atoms with Gasteiger partial charge in [-0.2, -0.15) is 9.40 Å². The second-order valence-corrected chi connectivity index (χ2v) is 15.2. The Balaban J connectivity index is 1.29. The van der Waals surface area contributed by atoms with Gasteiger partial charge in [0.25, 0.3) is 0 Å². The second kappa shape index (κ2) is 13.1. The number of ether oxygens (including phenoxy) is 1. The number of halogens is 2. The Morgan fingerprint density at radius 1 is 1.04 bits per heavy atom. The zero-order valence-corrected chi connectivity index (χ0v) is 27.6. The maximum absolute atomic E-state index is 14.0. The minimum atomic E-state index is -4.28. The molecule has 2 N–H and O–H groups in total. The highest BCUT2D eigenvalue weighted by atomic mass is 32.2. The van der Waals surface area contributed by atoms with Crippen molar-refractivity contribution in [3.05, 3.63) is 70.5 Å². The number of aromatic amines is 1. The lowest BCUT2D eigenvalue weighted by Crippen LogP contribution is -2.45. The lowest BCUT2D eigenvalue weighted by Gasteiger charge is -2.36. The fourth-order valence-corrected chi connectivity index (χ4v) is 8.23. The first-order valence-corrected chi connectivity index (χ1v) is 17.3. The number of Topliss-reactive ketones (excluding diaryl/α,β-unsaturated/α-hetero) is 1. The number of aromatic nitrogens is 2. The number of hydrogen-bond donors (Lipinski definition) is 2. The standard InChI is InChI=1S/C33H40F2N6O5S/c1-33(2)20-41(47(44,45)25-15-22(34)14-23(35)16-25)19-27-29(37-38-31(27)33)18-30(42)26-5-4-24(40-10-8-39(3)9-11-40)17-28(26)36-32(43)21-6-12-46-13-7-21/h4-5,14-17,21H,6-13,18-20H2,1-3H3,(H,36,43)(H,37,38). The molecule has 3 aromatic rings. The Morgan fingerprint density at radius 2 is 1.72 bits per heavy atom. The van der Waals surface area contributed by atoms with Gasteiger partial charge in [0, 0.05) is 92.4 Å². The molecule has 14 heteroatoms. The van der Waals surface area contributed by atoms with Crippen molar-refractivity contribution in [3.63, 3.8) is 0 Å². The SMILES string of the molecule is CN1CCN(c2ccc(C(=O)Cc3[nH]nc4c3CN(S(=O)(=O)c3cc(F)cc(F)c3)CC4(C)C)c(NC(=O)C3CCOCC3)c2)CC1. The van der Waals surface area contributed by atoms with Gasteiger partial charge in [-0.1, -0.05) is 13.8 Å². The molecule has 0 bridgehead atoms. The van der Waals surface area contributed by atoms with Crippen LogP contribution in [0.2, 0.25) is 0 Å². The van der Waals surface area contributed by atoms with Crippen LogP contribution in [0, 0.1) is 17.6 Å². The molecule has 2 aromatic carbocycles. The first-order valence-electron chi connectivity index (χ1n) is 15.8. The number of anilines is 2. The number of H-pyrrole nitrogens is 1. The van der Waals surface area contributed by atoms with Crippen molar-refractivity contribution >= 4 is 33.1 Å². The topological polar surface area (TPSA) is 128 Å². The molecular formula is C33H40F2N6O5S. The highest BCUT2D eigenvalue weighted by molar-refractivity contribution is 7.89. The molecule has 0 unspecified atom stereocenters. The quantitative estimate of drug-likeness (QED) is 0.348. The number of ketones is 1. The molecule has 252 valence electrons. The summed E-state index contributed by atoms with van der Waals surface area (Å²) in [5, 5.41) is 10.5. The van der Waals surface area contributed by atoms with E-state index in [0.717, 1.165) is 48.3 Å². The van der Waals surface area contributed by atoms with Gasteiger partial charge in [-0.25, -0.2) is 17.2 Å². The Morgan fingerprint density at radius 3 is 2.40 bits per heavy atom. The molecule has 2 saturated heterocycles. The Kier molecular flexibility index (Phi) is 9.22. The van der Waals surface area contributed by atoms with Gasteiger partial charge in [0.2, 0.25) is 15.9 Å². The monoisotopic (exact) mass is 670 g/mol. The molecule has 0 aliphatic carbocycles. The summed E-state index contributed by atoms with van der Waals surface area (Å²) in [6.45, 7) is 7.98. The number of nitrogens with zero attached hydrogens (tertiary/aromatic N) is 4. The summed E-state index contributed by atoms with van der Waals surface area (Å²) in [6.07, 6.45) is 1.07. The van der Waals surface area contributed by atoms with Crippen LogP contribution in [0.1, 0.15) is 54.0 Å². The van der Waals surface area contributed by atoms with E-state index < -0.39 is 32.0 Å². The highest BCUT2D eigenvalue weighted by Crippen LogP contribution is 2.37. The van der Waals surface area contributed by atoms with E-state index in [1.165, 1.54) is 0 Å². The summed E-state index contributed by atoms with van der Waals surface area (Å²) in [5.41, 5.74) is 2.50. The predicted molar refractivity (Wildman–Crippen MR) is 172 cm³/mol. The van der Waals surface area contributed by atoms with Crippen LogP contribution in [0.25, 0.3) is 0 Å². The number of likely N-dealkylation sites (N-methyl/N-ethyl adjacent to an activating group) is 1. The average Bonchev–Trinajstić information content (AvgIpc) is 3.44. The van der Waals surface area contributed by atoms with Crippen LogP contribution < -0.4 is 10.2 Å². The molecule has 0 radical (unpaired) electrons. The predicted octanol–water partition coefficient (Wildman–Crippen LogP) is 3.71. The number of carbonyl (C=O) groups excluding carboxylic acids is 2. The number of amides is 1. The molecule has 0 saturated carbocycles. The summed E-state index contributed by atoms with van der Waals surface area (Å²) in [5.74, 6) is -2.65. The molecule has 2 fully saturated rings. The van der Waals surface area contributed by atoms with Gasteiger partial charge in [0.1, 0.15) is 11.6 Å². The minimum absolute atomic E-state index is 0.0227. The van der Waals surface area contributed by atoms with E-state index in [-0.39, 0.29) is 37.1 Å². The van der Waals surface area contributed by atoms with Crippen LogP contribution in [0.15, 0.2) is 41.3 Å². The summed E-state index contributed by atoms with van der Waals surface area (Å²) in [4.78, 5) is 31.3. The maximum Gasteiger partial charge on any atom is 0.243 e. The van der Waals surface area contributed by atoms with Crippen molar-refractivity contribution in [2.45, 2.75) is 50.0 Å². The van der Waals surface area contributed by atoms with Crippen molar-refractivity contribution in [2.24, 2.45) is 5.92 Å². The first-order chi connectivity index (χ1) is 22.3. The molecule has 6 rings (SSSR count). The number of nitrogens with one attached hydrogen (secondary N) is 2. The fourth-order valence-electron chi connectivity index (χ4n) is 6.61. The van der Waals surface area contributed by atoms with E-state index in [4.69, 9.17) is 4.74 Å². The Hall–Kier alpha value is -3.72. The third-order valence-corrected chi connectivity index (χ3v) is 11.1. The summed E-state index contributed by atoms with van der Waals surface area (Å²) in [7, 11) is -2.21. The molecule has 47 heavy (non-hydrogen) atoms. The molecule has 1 aromatic heterocycles. The van der Waals surface area contributed by atoms with Gasteiger partial charge >= 0.3 is 0 Å². The third kappa shape index (κ3) is 6.96. The number of piperazine rings is 1. The van der Waals surface area contributed by atoms with Crippen molar-refractivity contribution in [1.82, 2.24) is 19.4 Å². The molecule has 1 amide bonds. The van der Waals surface area contributed by atoms with Crippen molar-refractivity contribution in [2.75, 3.05) is 63.2 Å². The van der Waals surface area contributed by atoms with Gasteiger partial charge in [-0.05, 0) is 50.2 Å². The lowest BCUT2D eigenvalue weighted by molar-refractivity contribution is -0.122. The fraction of sp³-hybridized carbons (Fsp3) is 0.485. The Labute approximate surface area is 273 Å². The zero-order chi connectivity index (χ0) is 33.5. The van der Waals surface area contributed by atoms with Crippen LogP contribution in [0.3, 0.4) is 0 Å². The van der Waals surface area contributed by atoms with Crippen LogP contribution in [0.5, 0.6) is 0 Å². The third-order valence-electron chi connectivity index (χ3n) is 9.33. The van der Waals surface area contributed by atoms with E-state index in [2.05, 4.69) is 32.4 Å². The molecule has 0 spiro atoms. The van der Waals surface area contributed by atoms with E-state index in [1.54, 1.807) is 6.07 Å². The van der Waals surface area contributed by atoms with Gasteiger partial charge < -0.3 is 19.9 Å². The summed E-state index contributed by atoms with van der Waals surface area (Å²) >= 11 is 0. The molecule has 3 aliphatic heterocycles. The van der Waals surface area contributed by atoms with Crippen LogP contribution in [0.4, 0.5) is 20.2 Å². The smallest absolute Gasteiger partial charge is 0.243 e. The van der Waals surface area contributed by atoms with Crippen molar-refractivity contribution in [1.29, 1.82) is 0 Å². The van der Waals surface area contributed by atoms with Crippen LogP contribution >= 0.6 is 0 Å². The van der Waals surface area contributed by atoms with Gasteiger partial charge in [0.05, 0.1) is 22.7 Å². The van der Waals surface area contributed by atoms with Gasteiger partial charge in [-0.3, -0.25) is 14.7 Å². The molecule has 11 nitrogen and oxygen atoms in total. The summed E-state index contributed by atoms with van der Waals surface area (Å²) in [6, 6.07) is 7.69. The number of fused-ring (bicyclic) bond motifs is 1. The largest absolute Gasteiger partial charge is 0.381 e. The van der Waals surface area contributed by atoms with Gasteiger partial charge in [-0.15, -0.1) is 0 Å². The average molecular weight is 671 g/mol. The lowest BCUT2D eigenvalue weighted by atomic mass is 9.83. The first kappa shape index (κ1) is 33.2. The van der Waals surface area contributed by atoms with Crippen LogP contribution in [-0.2, 0) is 37.9 Å². The summed E-state index contributed by atoms with van der Waals surface area (Å²) < 4.78 is 61.7. The second-order valence-electron chi connectivity index (χ2n) is 13.3. The molecular weight excluding hydrogens is 630 g/mol. The number of hydrogen-bond acceptors (Lipinski definition) is 8. The number of benzene rings is 2. The van der Waals surface area contributed by atoms with E-state index in [9.17, 15) is 26.8 Å². The van der Waals surface area contributed by atoms with Crippen LogP contribution in [-0.4, -0.2) is 92.5 Å². The molecule has 4 heterocycles. The maximum atomic E-state index is 14.0. The zero-order valence-electron chi connectivity index (χ0n) is 26.8. The van der Waals surface area contributed by atoms with Gasteiger partial charge in [0.15, 0.2) is 5.78 Å². The normalized spacial score (nSPS) is 19.4. The number of sulfonamides is 1. The highest BCUT2D eigenvalue weighted by Gasteiger charge is 2.41. The number of rotatable bonds is 8. The molecule has 0 atom stereocenters. The van der Waals surface area contributed by atoms with E-state index in [1.807, 2.05) is 26.0 Å². The van der Waals surface area contributed by atoms with E-state index in [0.29, 0.717) is 60.3 Å². The number of carbonyl (C=O) groups is 2. The van der Waals surface area contributed by atoms with Crippen molar-refractivity contribution in [3.8, 4) is 0 Å². The Bertz CT molecular complexity index is 1760. The van der Waals surface area contributed by atoms with E-state index >= 15 is 0 Å². The minimum Gasteiger partial charge on any atom is -0.381 e. The van der Waals surface area contributed by atoms with Crippen molar-refractivity contribution < 1.29 is 31.5 Å².